The van der Waals surface area contributed by atoms with Crippen LogP contribution in [0, 0.1) is 35.5 Å². The number of nitrogens with zero attached hydrogens (tertiary/aromatic N) is 9. The Hall–Kier alpha value is -7.98. The molecule has 6 fully saturated rings. The molecule has 1 N–H and O–H groups in total. The van der Waals surface area contributed by atoms with E-state index >= 15 is 0 Å². The van der Waals surface area contributed by atoms with Crippen LogP contribution in [0.5, 0.6) is 34.5 Å². The van der Waals surface area contributed by atoms with Gasteiger partial charge in [0.1, 0.15) is 34.5 Å². The van der Waals surface area contributed by atoms with Crippen molar-refractivity contribution in [1.29, 1.82) is 0 Å². The van der Waals surface area contributed by atoms with E-state index in [9.17, 15) is 5.11 Å². The van der Waals surface area contributed by atoms with E-state index in [-0.39, 0.29) is 6.61 Å². The Morgan fingerprint density at radius 3 is 0.887 bits per heavy atom. The summed E-state index contributed by atoms with van der Waals surface area (Å²) in [4.78, 5) is 7.88. The topological polar surface area (TPSA) is 174 Å². The minimum absolute atomic E-state index is 0.0779. The smallest absolute Gasteiger partial charge is 0.132 e. The molecule has 20 nitrogen and oxygen atoms in total. The number of pyridine rings is 3. The first-order valence-electron chi connectivity index (χ1n) is 38.9. The third-order valence-corrected chi connectivity index (χ3v) is 22.5. The van der Waals surface area contributed by atoms with Crippen LogP contribution in [0.1, 0.15) is 132 Å². The van der Waals surface area contributed by atoms with Crippen LogP contribution in [0.15, 0.2) is 91.0 Å². The molecular formula is C85H112ClN9O11. The number of benzene rings is 3. The quantitative estimate of drug-likeness (QED) is 0.0406. The molecule has 6 aliphatic rings. The SMILES string of the molecule is CCc1nn2c(-c3c(OC)cc(CCl)cc3OC)cccc2c1N(CC1CCOCC1)CC1CC1.CCc1nn2c(-c3c(OC)cc(CO)cc3OC)cccc2c1N(CC1CCOCC1)CC1CC1.CCc1nn2c(-c3c(OC)cc(COC)cc3OC)cccc2c1N(CC1CCOCC1)CC1CC1. The van der Waals surface area contributed by atoms with Gasteiger partial charge in [0.25, 0.3) is 0 Å². The molecule has 9 aromatic rings. The predicted molar refractivity (Wildman–Crippen MR) is 421 cm³/mol. The molecule has 3 saturated carbocycles. The monoisotopic (exact) mass is 1470 g/mol. The van der Waals surface area contributed by atoms with E-state index < -0.39 is 0 Å². The molecule has 0 unspecified atom stereocenters. The van der Waals surface area contributed by atoms with Gasteiger partial charge in [-0.2, -0.15) is 15.3 Å². The van der Waals surface area contributed by atoms with Gasteiger partial charge in [0.2, 0.25) is 0 Å². The maximum absolute atomic E-state index is 9.71. The van der Waals surface area contributed by atoms with Gasteiger partial charge in [0, 0.05) is 91.9 Å². The van der Waals surface area contributed by atoms with Crippen molar-refractivity contribution in [2.45, 2.75) is 136 Å². The lowest BCUT2D eigenvalue weighted by atomic mass is 9.99. The zero-order valence-corrected chi connectivity index (χ0v) is 65.0. The highest BCUT2D eigenvalue weighted by atomic mass is 35.5. The summed E-state index contributed by atoms with van der Waals surface area (Å²) in [6, 6.07) is 30.9. The van der Waals surface area contributed by atoms with E-state index in [4.69, 9.17) is 74.3 Å². The van der Waals surface area contributed by atoms with Crippen molar-refractivity contribution in [3.63, 3.8) is 0 Å². The number of ether oxygens (including phenoxy) is 10. The lowest BCUT2D eigenvalue weighted by molar-refractivity contribution is 0.0680. The molecule has 570 valence electrons. The van der Waals surface area contributed by atoms with Gasteiger partial charge >= 0.3 is 0 Å². The van der Waals surface area contributed by atoms with Crippen molar-refractivity contribution < 1.29 is 52.5 Å². The minimum Gasteiger partial charge on any atom is -0.496 e. The predicted octanol–water partition coefficient (Wildman–Crippen LogP) is 16.0. The van der Waals surface area contributed by atoms with Gasteiger partial charge in [0.05, 0.1) is 140 Å². The largest absolute Gasteiger partial charge is 0.496 e. The molecule has 106 heavy (non-hydrogen) atoms. The number of aliphatic hydroxyl groups excluding tert-OH is 1. The number of alkyl halides is 1. The van der Waals surface area contributed by atoms with Crippen molar-refractivity contribution in [1.82, 2.24) is 28.8 Å². The van der Waals surface area contributed by atoms with Crippen LogP contribution >= 0.6 is 11.6 Å². The third-order valence-electron chi connectivity index (χ3n) is 22.2. The third kappa shape index (κ3) is 17.3. The number of aryl methyl sites for hydroxylation is 3. The maximum Gasteiger partial charge on any atom is 0.132 e. The second kappa shape index (κ2) is 35.8. The molecule has 3 aromatic carbocycles. The van der Waals surface area contributed by atoms with E-state index in [1.54, 1.807) is 49.8 Å². The Kier molecular flexibility index (Phi) is 25.8. The number of hydrogen-bond acceptors (Lipinski definition) is 17. The summed E-state index contributed by atoms with van der Waals surface area (Å²) < 4.78 is 63.3. The number of methoxy groups -OCH3 is 7. The normalized spacial score (nSPS) is 16.5. The average molecular weight is 1470 g/mol. The molecule has 0 amide bonds. The van der Waals surface area contributed by atoms with Crippen LogP contribution in [0.4, 0.5) is 17.1 Å². The number of anilines is 3. The van der Waals surface area contributed by atoms with Gasteiger partial charge in [-0.25, -0.2) is 13.5 Å². The lowest BCUT2D eigenvalue weighted by Gasteiger charge is -2.31. The molecule has 3 saturated heterocycles. The van der Waals surface area contributed by atoms with E-state index in [0.717, 1.165) is 262 Å². The van der Waals surface area contributed by atoms with Crippen LogP contribution in [-0.2, 0) is 57.3 Å². The fraction of sp³-hybridized carbons (Fsp3) is 0.541. The zero-order chi connectivity index (χ0) is 73.8. The number of aliphatic hydroxyl groups is 1. The maximum atomic E-state index is 9.71. The number of fused-ring (bicyclic) bond motifs is 3. The van der Waals surface area contributed by atoms with Crippen LogP contribution in [0.25, 0.3) is 50.3 Å². The second-order valence-corrected chi connectivity index (χ2v) is 29.9. The summed E-state index contributed by atoms with van der Waals surface area (Å²) in [5.41, 5.74) is 18.8. The molecule has 9 heterocycles. The number of aromatic nitrogens is 6. The molecule has 0 radical (unpaired) electrons. The Morgan fingerprint density at radius 1 is 0.387 bits per heavy atom. The highest BCUT2D eigenvalue weighted by Crippen LogP contribution is 2.47. The molecule has 0 bridgehead atoms. The molecule has 15 rings (SSSR count). The summed E-state index contributed by atoms with van der Waals surface area (Å²) in [6.45, 7) is 18.7. The van der Waals surface area contributed by atoms with Gasteiger partial charge in [-0.1, -0.05) is 39.0 Å². The van der Waals surface area contributed by atoms with Gasteiger partial charge < -0.3 is 67.2 Å². The summed E-state index contributed by atoms with van der Waals surface area (Å²) in [7, 11) is 11.8. The first-order valence-corrected chi connectivity index (χ1v) is 39.4. The van der Waals surface area contributed by atoms with Gasteiger partial charge in [-0.15, -0.1) is 11.6 Å². The van der Waals surface area contributed by atoms with Gasteiger partial charge in [-0.05, 0) is 221 Å². The van der Waals surface area contributed by atoms with E-state index in [0.29, 0.717) is 41.7 Å². The van der Waals surface area contributed by atoms with Crippen molar-refractivity contribution in [3.8, 4) is 68.3 Å². The molecule has 3 aliphatic heterocycles. The number of hydrogen-bond donors (Lipinski definition) is 1. The Balaban J connectivity index is 0.000000141. The average Bonchev–Trinajstić information content (AvgIpc) is 1.59. The van der Waals surface area contributed by atoms with Gasteiger partial charge in [0.15, 0.2) is 0 Å². The minimum atomic E-state index is -0.0779. The number of rotatable bonds is 31. The first kappa shape index (κ1) is 76.2. The summed E-state index contributed by atoms with van der Waals surface area (Å²) in [5, 5.41) is 25.2. The standard InChI is InChI=1S/C29H39N3O4.C28H36ClN3O3.C28H37N3O4/c1-5-23-29(31(17-20-9-10-20)18-21-11-13-36-14-12-21)25-8-6-7-24(32(25)30-23)28-26(34-3)15-22(19-33-2)16-27(28)35-4;1-4-22-28(31(17-19-8-9-19)18-20-10-12-35-13-11-20)24-7-5-6-23(32(24)30-22)27-25(33-2)14-21(16-29)15-26(27)34-3;1-4-22-28(30(16-19-8-9-19)17-20-10-12-35-13-11-20)24-7-5-6-23(31(24)29-22)27-25(33-2)14-21(18-32)15-26(27)34-3/h6-8,15-16,20-21H,5,9-14,17-19H2,1-4H3;5-7,14-15,19-20H,4,8-13,16-18H2,1-3H3;5-7,14-15,19-20,32H,4,8-13,16-18H2,1-3H3. The Bertz CT molecular complexity index is 4130. The molecule has 3 aliphatic carbocycles. The first-order chi connectivity index (χ1) is 52.0. The van der Waals surface area contributed by atoms with Crippen molar-refractivity contribution in [2.75, 3.05) is 143 Å². The van der Waals surface area contributed by atoms with Crippen LogP contribution < -0.4 is 43.1 Å². The molecule has 6 aromatic heterocycles. The second-order valence-electron chi connectivity index (χ2n) is 29.6. The Labute approximate surface area is 631 Å². The van der Waals surface area contributed by atoms with Crippen LogP contribution in [-0.4, -0.2) is 163 Å². The Morgan fingerprint density at radius 2 is 0.651 bits per heavy atom. The van der Waals surface area contributed by atoms with Crippen LogP contribution in [0.2, 0.25) is 0 Å². The highest BCUT2D eigenvalue weighted by molar-refractivity contribution is 6.17. The fourth-order valence-electron chi connectivity index (χ4n) is 16.0. The molecule has 21 heteroatoms. The summed E-state index contributed by atoms with van der Waals surface area (Å²) in [5.74, 6) is 9.03. The van der Waals surface area contributed by atoms with Gasteiger partial charge in [-0.3, -0.25) is 0 Å². The molecule has 0 spiro atoms. The molecular weight excluding hydrogens is 1360 g/mol. The van der Waals surface area contributed by atoms with Crippen molar-refractivity contribution in [3.05, 3.63) is 125 Å². The van der Waals surface area contributed by atoms with E-state index in [1.807, 2.05) is 36.4 Å². The lowest BCUT2D eigenvalue weighted by Crippen LogP contribution is -2.34. The fourth-order valence-corrected chi connectivity index (χ4v) is 16.2. The zero-order valence-electron chi connectivity index (χ0n) is 64.3. The van der Waals surface area contributed by atoms with E-state index in [2.05, 4.69) is 104 Å². The number of halogens is 1. The van der Waals surface area contributed by atoms with Crippen molar-refractivity contribution in [2.24, 2.45) is 35.5 Å². The van der Waals surface area contributed by atoms with Crippen molar-refractivity contribution >= 4 is 45.2 Å². The highest BCUT2D eigenvalue weighted by Gasteiger charge is 2.35. The van der Waals surface area contributed by atoms with Crippen LogP contribution in [0.3, 0.4) is 0 Å². The summed E-state index contributed by atoms with van der Waals surface area (Å²) in [6.07, 6.45) is 17.4. The van der Waals surface area contributed by atoms with E-state index in [1.165, 1.54) is 55.6 Å². The molecule has 0 atom stereocenters. The summed E-state index contributed by atoms with van der Waals surface area (Å²) >= 11 is 6.14.